The van der Waals surface area contributed by atoms with E-state index in [1.807, 2.05) is 6.20 Å². The number of anilines is 1. The third-order valence-corrected chi connectivity index (χ3v) is 4.00. The monoisotopic (exact) mass is 247 g/mol. The highest BCUT2D eigenvalue weighted by atomic mass is 16.5. The maximum atomic E-state index is 5.98. The van der Waals surface area contributed by atoms with Gasteiger partial charge in [0.15, 0.2) is 0 Å². The maximum Gasteiger partial charge on any atom is 0.0755 e. The van der Waals surface area contributed by atoms with Crippen molar-refractivity contribution in [3.8, 4) is 0 Å². The first-order valence-corrected chi connectivity index (χ1v) is 6.88. The molecule has 0 spiro atoms. The Balaban J connectivity index is 1.73. The number of nitrogens with zero attached hydrogens (tertiary/aromatic N) is 2. The van der Waals surface area contributed by atoms with Crippen molar-refractivity contribution >= 4 is 5.69 Å². The number of hydrogen-bond donors (Lipinski definition) is 1. The van der Waals surface area contributed by atoms with E-state index in [2.05, 4.69) is 28.9 Å². The molecule has 2 saturated heterocycles. The summed E-state index contributed by atoms with van der Waals surface area (Å²) in [6.45, 7) is 4.08. The Labute approximate surface area is 108 Å². The van der Waals surface area contributed by atoms with E-state index >= 15 is 0 Å². The number of morpholine rings is 1. The molecule has 18 heavy (non-hydrogen) atoms. The van der Waals surface area contributed by atoms with E-state index in [9.17, 15) is 0 Å². The molecular formula is C14H21N3O. The van der Waals surface area contributed by atoms with Crippen molar-refractivity contribution in [1.29, 1.82) is 0 Å². The van der Waals surface area contributed by atoms with Crippen LogP contribution in [0.4, 0.5) is 5.69 Å². The number of pyridine rings is 1. The zero-order chi connectivity index (χ0) is 12.5. The number of rotatable bonds is 3. The molecule has 0 amide bonds. The Kier molecular flexibility index (Phi) is 3.22. The predicted molar refractivity (Wildman–Crippen MR) is 71.6 cm³/mol. The van der Waals surface area contributed by atoms with Crippen molar-refractivity contribution in [1.82, 2.24) is 4.98 Å². The van der Waals surface area contributed by atoms with Crippen LogP contribution in [0.1, 0.15) is 37.9 Å². The normalized spacial score (nSPS) is 28.4. The lowest BCUT2D eigenvalue weighted by atomic mass is 10.1. The van der Waals surface area contributed by atoms with Gasteiger partial charge in [0.25, 0.3) is 0 Å². The Morgan fingerprint density at radius 3 is 2.67 bits per heavy atom. The number of aromatic nitrogens is 1. The summed E-state index contributed by atoms with van der Waals surface area (Å²) in [5.41, 5.74) is 8.16. The molecule has 0 aliphatic carbocycles. The first-order chi connectivity index (χ1) is 8.76. The van der Waals surface area contributed by atoms with Gasteiger partial charge in [-0.15, -0.1) is 0 Å². The minimum absolute atomic E-state index is 0.0555. The van der Waals surface area contributed by atoms with Crippen LogP contribution in [-0.4, -0.2) is 30.3 Å². The lowest BCUT2D eigenvalue weighted by Crippen LogP contribution is -2.42. The van der Waals surface area contributed by atoms with E-state index in [4.69, 9.17) is 10.5 Å². The van der Waals surface area contributed by atoms with Crippen LogP contribution in [0.2, 0.25) is 0 Å². The molecule has 2 bridgehead atoms. The molecule has 3 atom stereocenters. The fourth-order valence-electron chi connectivity index (χ4n) is 2.84. The van der Waals surface area contributed by atoms with Gasteiger partial charge in [-0.1, -0.05) is 6.92 Å². The van der Waals surface area contributed by atoms with Gasteiger partial charge in [0.1, 0.15) is 0 Å². The van der Waals surface area contributed by atoms with E-state index in [1.54, 1.807) is 0 Å². The zero-order valence-electron chi connectivity index (χ0n) is 10.9. The van der Waals surface area contributed by atoms with Crippen LogP contribution in [0.15, 0.2) is 18.3 Å². The van der Waals surface area contributed by atoms with Gasteiger partial charge in [-0.3, -0.25) is 4.98 Å². The Morgan fingerprint density at radius 1 is 1.39 bits per heavy atom. The molecule has 2 aliphatic heterocycles. The van der Waals surface area contributed by atoms with Crippen molar-refractivity contribution < 1.29 is 4.74 Å². The fourth-order valence-corrected chi connectivity index (χ4v) is 2.84. The Bertz CT molecular complexity index is 394. The summed E-state index contributed by atoms with van der Waals surface area (Å²) < 4.78 is 5.85. The molecule has 3 heterocycles. The van der Waals surface area contributed by atoms with Crippen molar-refractivity contribution in [2.45, 2.75) is 44.4 Å². The SMILES string of the molecule is CC[C@H](N)c1ccc(N2CC3CCC(C2)O3)cn1. The van der Waals surface area contributed by atoms with Gasteiger partial charge >= 0.3 is 0 Å². The molecule has 2 unspecified atom stereocenters. The maximum absolute atomic E-state index is 5.98. The van der Waals surface area contributed by atoms with Gasteiger partial charge < -0.3 is 15.4 Å². The second-order valence-corrected chi connectivity index (χ2v) is 5.32. The molecular weight excluding hydrogens is 226 g/mol. The van der Waals surface area contributed by atoms with E-state index in [0.29, 0.717) is 12.2 Å². The second-order valence-electron chi connectivity index (χ2n) is 5.32. The van der Waals surface area contributed by atoms with Crippen LogP contribution in [0.3, 0.4) is 0 Å². The predicted octanol–water partition coefficient (Wildman–Crippen LogP) is 1.86. The van der Waals surface area contributed by atoms with Crippen molar-refractivity contribution in [2.24, 2.45) is 5.73 Å². The van der Waals surface area contributed by atoms with Gasteiger partial charge in [-0.25, -0.2) is 0 Å². The smallest absolute Gasteiger partial charge is 0.0755 e. The molecule has 0 saturated carbocycles. The summed E-state index contributed by atoms with van der Waals surface area (Å²) in [4.78, 5) is 6.88. The number of fused-ring (bicyclic) bond motifs is 2. The van der Waals surface area contributed by atoms with Crippen molar-refractivity contribution in [2.75, 3.05) is 18.0 Å². The second kappa shape index (κ2) is 4.86. The highest BCUT2D eigenvalue weighted by Crippen LogP contribution is 2.29. The van der Waals surface area contributed by atoms with Gasteiger partial charge in [0, 0.05) is 19.1 Å². The van der Waals surface area contributed by atoms with E-state index in [0.717, 1.165) is 25.2 Å². The number of ether oxygens (including phenoxy) is 1. The van der Waals surface area contributed by atoms with Crippen LogP contribution >= 0.6 is 0 Å². The summed E-state index contributed by atoms with van der Waals surface area (Å²) in [6, 6.07) is 4.25. The molecule has 3 rings (SSSR count). The molecule has 1 aromatic heterocycles. The first-order valence-electron chi connectivity index (χ1n) is 6.88. The van der Waals surface area contributed by atoms with Gasteiger partial charge in [0.2, 0.25) is 0 Å². The molecule has 2 aliphatic rings. The summed E-state index contributed by atoms with van der Waals surface area (Å²) in [7, 11) is 0. The lowest BCUT2D eigenvalue weighted by Gasteiger charge is -2.33. The molecule has 98 valence electrons. The molecule has 0 radical (unpaired) electrons. The molecule has 2 N–H and O–H groups in total. The van der Waals surface area contributed by atoms with Crippen molar-refractivity contribution in [3.05, 3.63) is 24.0 Å². The van der Waals surface area contributed by atoms with Crippen LogP contribution in [-0.2, 0) is 4.74 Å². The summed E-state index contributed by atoms with van der Waals surface area (Å²) >= 11 is 0. The topological polar surface area (TPSA) is 51.4 Å². The molecule has 1 aromatic rings. The lowest BCUT2D eigenvalue weighted by molar-refractivity contribution is 0.0305. The van der Waals surface area contributed by atoms with E-state index < -0.39 is 0 Å². The van der Waals surface area contributed by atoms with Gasteiger partial charge in [-0.2, -0.15) is 0 Å². The molecule has 4 heteroatoms. The number of hydrogen-bond acceptors (Lipinski definition) is 4. The minimum atomic E-state index is 0.0555. The van der Waals surface area contributed by atoms with E-state index in [-0.39, 0.29) is 6.04 Å². The molecule has 4 nitrogen and oxygen atoms in total. The highest BCUT2D eigenvalue weighted by Gasteiger charge is 2.33. The average molecular weight is 247 g/mol. The number of nitrogens with two attached hydrogens (primary N) is 1. The minimum Gasteiger partial charge on any atom is -0.371 e. The average Bonchev–Trinajstić information content (AvgIpc) is 2.77. The van der Waals surface area contributed by atoms with Crippen LogP contribution < -0.4 is 10.6 Å². The molecule has 2 fully saturated rings. The Morgan fingerprint density at radius 2 is 2.11 bits per heavy atom. The van der Waals surface area contributed by atoms with Gasteiger partial charge in [-0.05, 0) is 31.4 Å². The standard InChI is InChI=1S/C14H21N3O/c1-2-13(15)14-6-3-10(7-16-14)17-8-11-4-5-12(9-17)18-11/h3,6-7,11-13H,2,4-5,8-9,15H2,1H3/t11?,12?,13-/m0/s1. The summed E-state index contributed by atoms with van der Waals surface area (Å²) in [5.74, 6) is 0. The third kappa shape index (κ3) is 2.22. The quantitative estimate of drug-likeness (QED) is 0.885. The third-order valence-electron chi connectivity index (χ3n) is 4.00. The van der Waals surface area contributed by atoms with Crippen LogP contribution in [0.25, 0.3) is 0 Å². The summed E-state index contributed by atoms with van der Waals surface area (Å²) in [5, 5.41) is 0. The Hall–Kier alpha value is -1.13. The zero-order valence-corrected chi connectivity index (χ0v) is 10.9. The van der Waals surface area contributed by atoms with E-state index in [1.165, 1.54) is 18.5 Å². The van der Waals surface area contributed by atoms with Crippen LogP contribution in [0, 0.1) is 0 Å². The first kappa shape index (κ1) is 11.9. The summed E-state index contributed by atoms with van der Waals surface area (Å²) in [6.07, 6.45) is 6.12. The largest absolute Gasteiger partial charge is 0.371 e. The van der Waals surface area contributed by atoms with Crippen LogP contribution in [0.5, 0.6) is 0 Å². The highest BCUT2D eigenvalue weighted by molar-refractivity contribution is 5.46. The molecule has 0 aromatic carbocycles. The van der Waals surface area contributed by atoms with Crippen molar-refractivity contribution in [3.63, 3.8) is 0 Å². The fraction of sp³-hybridized carbons (Fsp3) is 0.643. The van der Waals surface area contributed by atoms with Gasteiger partial charge in [0.05, 0.1) is 29.8 Å².